The van der Waals surface area contributed by atoms with Crippen LogP contribution in [0.5, 0.6) is 0 Å². The van der Waals surface area contributed by atoms with Crippen LogP contribution in [0.15, 0.2) is 43.0 Å². The number of halogens is 1. The molecular formula is C17H17FN6. The molecule has 122 valence electrons. The molecule has 0 aliphatic rings. The maximum Gasteiger partial charge on any atom is 0.143 e. The maximum absolute atomic E-state index is 12.2. The van der Waals surface area contributed by atoms with Crippen molar-refractivity contribution in [3.05, 3.63) is 43.0 Å². The van der Waals surface area contributed by atoms with Crippen LogP contribution in [-0.2, 0) is 13.6 Å². The third kappa shape index (κ3) is 2.47. The van der Waals surface area contributed by atoms with Crippen LogP contribution in [0.1, 0.15) is 6.42 Å². The fraction of sp³-hybridized carbons (Fsp3) is 0.235. The number of alkyl halides is 1. The third-order valence-electron chi connectivity index (χ3n) is 4.07. The van der Waals surface area contributed by atoms with Gasteiger partial charge in [-0.1, -0.05) is 0 Å². The van der Waals surface area contributed by atoms with Gasteiger partial charge in [0.15, 0.2) is 0 Å². The van der Waals surface area contributed by atoms with Crippen LogP contribution in [-0.4, -0.2) is 31.0 Å². The fourth-order valence-corrected chi connectivity index (χ4v) is 2.91. The van der Waals surface area contributed by atoms with E-state index in [0.29, 0.717) is 13.0 Å². The number of hydrogen-bond donors (Lipinski definition) is 1. The van der Waals surface area contributed by atoms with Crippen molar-refractivity contribution in [3.63, 3.8) is 0 Å². The number of nitrogens with one attached hydrogen (secondary N) is 1. The van der Waals surface area contributed by atoms with Gasteiger partial charge in [0.2, 0.25) is 0 Å². The quantitative estimate of drug-likeness (QED) is 0.611. The number of aromatic nitrogens is 5. The highest BCUT2D eigenvalue weighted by Crippen LogP contribution is 2.27. The Hall–Kier alpha value is -2.96. The predicted molar refractivity (Wildman–Crippen MR) is 92.1 cm³/mol. The molecule has 6 nitrogen and oxygen atoms in total. The minimum Gasteiger partial charge on any atom is -0.338 e. The first-order chi connectivity index (χ1) is 11.8. The first-order valence-electron chi connectivity index (χ1n) is 7.81. The van der Waals surface area contributed by atoms with Gasteiger partial charge in [-0.05, 0) is 24.6 Å². The molecule has 4 rings (SSSR count). The molecule has 4 aromatic heterocycles. The van der Waals surface area contributed by atoms with Crippen LogP contribution in [0.2, 0.25) is 0 Å². The summed E-state index contributed by atoms with van der Waals surface area (Å²) in [5, 5.41) is 9.62. The average Bonchev–Trinajstić information content (AvgIpc) is 3.17. The number of fused-ring (bicyclic) bond motifs is 3. The molecule has 0 atom stereocenters. The van der Waals surface area contributed by atoms with Gasteiger partial charge in [-0.25, -0.2) is 4.98 Å². The Bertz CT molecular complexity index is 1000. The average molecular weight is 324 g/mol. The zero-order valence-corrected chi connectivity index (χ0v) is 13.3. The van der Waals surface area contributed by atoms with Gasteiger partial charge in [0.1, 0.15) is 11.5 Å². The van der Waals surface area contributed by atoms with Gasteiger partial charge in [-0.2, -0.15) is 5.10 Å². The van der Waals surface area contributed by atoms with Gasteiger partial charge in [0, 0.05) is 43.0 Å². The Labute approximate surface area is 137 Å². The zero-order chi connectivity index (χ0) is 16.5. The molecule has 0 fully saturated rings. The predicted octanol–water partition coefficient (Wildman–Crippen LogP) is 3.42. The van der Waals surface area contributed by atoms with Gasteiger partial charge >= 0.3 is 0 Å². The van der Waals surface area contributed by atoms with E-state index in [1.807, 2.05) is 37.6 Å². The second kappa shape index (κ2) is 5.92. The molecule has 4 heterocycles. The molecule has 0 bridgehead atoms. The van der Waals surface area contributed by atoms with Crippen molar-refractivity contribution in [1.82, 2.24) is 24.3 Å². The molecule has 7 heteroatoms. The number of anilines is 2. The van der Waals surface area contributed by atoms with Gasteiger partial charge in [0.05, 0.1) is 24.1 Å². The molecule has 0 saturated heterocycles. The summed E-state index contributed by atoms with van der Waals surface area (Å²) in [4.78, 5) is 8.91. The lowest BCUT2D eigenvalue weighted by molar-refractivity contribution is 0.435. The van der Waals surface area contributed by atoms with Crippen LogP contribution in [0.3, 0.4) is 0 Å². The van der Waals surface area contributed by atoms with Gasteiger partial charge in [-0.15, -0.1) is 0 Å². The van der Waals surface area contributed by atoms with Crippen LogP contribution in [0.4, 0.5) is 15.9 Å². The van der Waals surface area contributed by atoms with Crippen molar-refractivity contribution in [3.8, 4) is 0 Å². The molecule has 0 amide bonds. The fourth-order valence-electron chi connectivity index (χ4n) is 2.91. The monoisotopic (exact) mass is 324 g/mol. The number of hydrogen-bond acceptors (Lipinski definition) is 4. The summed E-state index contributed by atoms with van der Waals surface area (Å²) in [5.41, 5.74) is 2.83. The normalized spacial score (nSPS) is 11.4. The van der Waals surface area contributed by atoms with Gasteiger partial charge in [0.25, 0.3) is 0 Å². The van der Waals surface area contributed by atoms with Crippen molar-refractivity contribution in [2.75, 3.05) is 12.0 Å². The molecule has 24 heavy (non-hydrogen) atoms. The van der Waals surface area contributed by atoms with E-state index in [1.54, 1.807) is 17.1 Å². The highest BCUT2D eigenvalue weighted by atomic mass is 19.1. The number of aryl methyl sites for hydroxylation is 2. The Morgan fingerprint density at radius 1 is 1.17 bits per heavy atom. The van der Waals surface area contributed by atoms with Gasteiger partial charge in [-0.3, -0.25) is 14.1 Å². The lowest BCUT2D eigenvalue weighted by atomic mass is 10.2. The van der Waals surface area contributed by atoms with E-state index < -0.39 is 0 Å². The Balaban J connectivity index is 1.66. The summed E-state index contributed by atoms with van der Waals surface area (Å²) in [5.74, 6) is 0.742. The molecule has 0 spiro atoms. The van der Waals surface area contributed by atoms with Crippen LogP contribution in [0, 0.1) is 0 Å². The minimum absolute atomic E-state index is 0.337. The van der Waals surface area contributed by atoms with Crippen LogP contribution >= 0.6 is 0 Å². The summed E-state index contributed by atoms with van der Waals surface area (Å²) in [6.07, 6.45) is 7.69. The third-order valence-corrected chi connectivity index (χ3v) is 4.07. The summed E-state index contributed by atoms with van der Waals surface area (Å²) in [6.45, 7) is 0.234. The molecule has 0 aliphatic heterocycles. The summed E-state index contributed by atoms with van der Waals surface area (Å²) < 4.78 is 16.0. The standard InChI is InChI=1S/C17H17FN6/c1-23-15-5-7-19-10-14(15)13-3-4-16(22-17(13)23)21-12-9-20-24(11-12)8-2-6-18/h3-5,7,9-11H,2,6,8H2,1H3,(H,21,22). The molecule has 0 unspecified atom stereocenters. The van der Waals surface area contributed by atoms with E-state index in [0.717, 1.165) is 33.4 Å². The van der Waals surface area contributed by atoms with E-state index in [2.05, 4.69) is 20.0 Å². The first kappa shape index (κ1) is 14.6. The van der Waals surface area contributed by atoms with Crippen molar-refractivity contribution in [2.24, 2.45) is 7.05 Å². The summed E-state index contributed by atoms with van der Waals surface area (Å²) in [7, 11) is 2.00. The van der Waals surface area contributed by atoms with E-state index >= 15 is 0 Å². The summed E-state index contributed by atoms with van der Waals surface area (Å²) >= 11 is 0. The van der Waals surface area contributed by atoms with E-state index in [4.69, 9.17) is 4.98 Å². The number of pyridine rings is 2. The first-order valence-corrected chi connectivity index (χ1v) is 7.81. The Morgan fingerprint density at radius 3 is 2.96 bits per heavy atom. The molecule has 0 aromatic carbocycles. The number of nitrogens with zero attached hydrogens (tertiary/aromatic N) is 5. The van der Waals surface area contributed by atoms with E-state index in [1.165, 1.54) is 0 Å². The minimum atomic E-state index is -0.337. The van der Waals surface area contributed by atoms with E-state index in [-0.39, 0.29) is 6.67 Å². The summed E-state index contributed by atoms with van der Waals surface area (Å²) in [6, 6.07) is 5.97. The van der Waals surface area contributed by atoms with E-state index in [9.17, 15) is 4.39 Å². The largest absolute Gasteiger partial charge is 0.338 e. The molecule has 1 N–H and O–H groups in total. The Kier molecular flexibility index (Phi) is 3.60. The molecule has 0 radical (unpaired) electrons. The number of rotatable bonds is 5. The highest BCUT2D eigenvalue weighted by molar-refractivity contribution is 6.06. The van der Waals surface area contributed by atoms with Crippen LogP contribution in [0.25, 0.3) is 21.9 Å². The maximum atomic E-state index is 12.2. The lowest BCUT2D eigenvalue weighted by Gasteiger charge is -2.04. The highest BCUT2D eigenvalue weighted by Gasteiger charge is 2.10. The molecule has 0 saturated carbocycles. The Morgan fingerprint density at radius 2 is 2.08 bits per heavy atom. The molecule has 4 aromatic rings. The second-order valence-electron chi connectivity index (χ2n) is 5.68. The zero-order valence-electron chi connectivity index (χ0n) is 13.3. The van der Waals surface area contributed by atoms with Crippen LogP contribution < -0.4 is 5.32 Å². The van der Waals surface area contributed by atoms with Crippen molar-refractivity contribution >= 4 is 33.4 Å². The van der Waals surface area contributed by atoms with Crippen molar-refractivity contribution in [1.29, 1.82) is 0 Å². The smallest absolute Gasteiger partial charge is 0.143 e. The molecular weight excluding hydrogens is 307 g/mol. The molecule has 0 aliphatic carbocycles. The SMILES string of the molecule is Cn1c2ccncc2c2ccc(Nc3cnn(CCCF)c3)nc21. The second-order valence-corrected chi connectivity index (χ2v) is 5.68. The van der Waals surface area contributed by atoms with Gasteiger partial charge < -0.3 is 9.88 Å². The topological polar surface area (TPSA) is 60.6 Å². The van der Waals surface area contributed by atoms with Crippen molar-refractivity contribution < 1.29 is 4.39 Å². The van der Waals surface area contributed by atoms with Crippen molar-refractivity contribution in [2.45, 2.75) is 13.0 Å². The lowest BCUT2D eigenvalue weighted by Crippen LogP contribution is -1.99.